The number of hydrogen-bond donors (Lipinski definition) is 0. The van der Waals surface area contributed by atoms with Gasteiger partial charge in [-0.2, -0.15) is 0 Å². The minimum Gasteiger partial charge on any atom is -0.374 e. The molecule has 0 aromatic heterocycles. The number of nitrogens with zero attached hydrogens (tertiary/aromatic N) is 3. The SMILES string of the molecule is C=C(C=N/C(C)=C/C)N(C)CCC(C)C(C)=N/C=C\C. The van der Waals surface area contributed by atoms with Crippen LogP contribution in [0.3, 0.4) is 0 Å². The Morgan fingerprint density at radius 1 is 1.30 bits per heavy atom. The highest BCUT2D eigenvalue weighted by Gasteiger charge is 2.07. The molecule has 0 saturated carbocycles. The molecule has 3 nitrogen and oxygen atoms in total. The Kier molecular flexibility index (Phi) is 9.35. The lowest BCUT2D eigenvalue weighted by atomic mass is 10.0. The predicted molar refractivity (Wildman–Crippen MR) is 91.4 cm³/mol. The molecule has 0 aliphatic rings. The maximum atomic E-state index is 4.40. The summed E-state index contributed by atoms with van der Waals surface area (Å²) in [4.78, 5) is 10.9. The van der Waals surface area contributed by atoms with E-state index in [-0.39, 0.29) is 0 Å². The molecule has 0 aromatic rings. The van der Waals surface area contributed by atoms with Crippen molar-refractivity contribution in [1.29, 1.82) is 0 Å². The molecule has 0 bridgehead atoms. The van der Waals surface area contributed by atoms with Crippen LogP contribution in [-0.2, 0) is 0 Å². The Bertz CT molecular complexity index is 414. The highest BCUT2D eigenvalue weighted by atomic mass is 15.1. The molecule has 0 rings (SSSR count). The van der Waals surface area contributed by atoms with Gasteiger partial charge in [-0.15, -0.1) is 0 Å². The number of rotatable bonds is 8. The van der Waals surface area contributed by atoms with E-state index >= 15 is 0 Å². The molecular formula is C17H29N3. The van der Waals surface area contributed by atoms with Crippen LogP contribution in [0.2, 0.25) is 0 Å². The van der Waals surface area contributed by atoms with Crippen LogP contribution in [0.25, 0.3) is 0 Å². The average molecular weight is 275 g/mol. The Morgan fingerprint density at radius 2 is 1.95 bits per heavy atom. The average Bonchev–Trinajstić information content (AvgIpc) is 2.46. The zero-order valence-electron chi connectivity index (χ0n) is 13.8. The Morgan fingerprint density at radius 3 is 2.50 bits per heavy atom. The molecule has 1 unspecified atom stereocenters. The monoisotopic (exact) mass is 275 g/mol. The second-order valence-corrected chi connectivity index (χ2v) is 5.04. The Balaban J connectivity index is 4.31. The summed E-state index contributed by atoms with van der Waals surface area (Å²) in [5.41, 5.74) is 3.10. The van der Waals surface area contributed by atoms with Gasteiger partial charge in [0.15, 0.2) is 0 Å². The largest absolute Gasteiger partial charge is 0.374 e. The summed E-state index contributed by atoms with van der Waals surface area (Å²) in [6, 6.07) is 0. The topological polar surface area (TPSA) is 28.0 Å². The first kappa shape index (κ1) is 18.4. The van der Waals surface area contributed by atoms with Gasteiger partial charge in [-0.3, -0.25) is 9.98 Å². The molecule has 112 valence electrons. The minimum absolute atomic E-state index is 0.468. The zero-order chi connectivity index (χ0) is 15.5. The molecule has 0 saturated heterocycles. The van der Waals surface area contributed by atoms with Gasteiger partial charge in [0.05, 0.1) is 0 Å². The summed E-state index contributed by atoms with van der Waals surface area (Å²) in [6.07, 6.45) is 8.65. The van der Waals surface area contributed by atoms with Gasteiger partial charge in [0.25, 0.3) is 0 Å². The first-order valence-electron chi connectivity index (χ1n) is 7.14. The smallest absolute Gasteiger partial charge is 0.0498 e. The number of aliphatic imine (C=N–C) groups is 2. The molecular weight excluding hydrogens is 246 g/mol. The molecule has 1 atom stereocenters. The van der Waals surface area contributed by atoms with Crippen LogP contribution in [0.4, 0.5) is 0 Å². The van der Waals surface area contributed by atoms with Crippen LogP contribution >= 0.6 is 0 Å². The lowest BCUT2D eigenvalue weighted by Crippen LogP contribution is -2.22. The first-order chi connectivity index (χ1) is 9.42. The third-order valence-electron chi connectivity index (χ3n) is 3.36. The van der Waals surface area contributed by atoms with E-state index in [0.717, 1.165) is 24.4 Å². The van der Waals surface area contributed by atoms with E-state index < -0.39 is 0 Å². The van der Waals surface area contributed by atoms with E-state index in [9.17, 15) is 0 Å². The fraction of sp³-hybridized carbons (Fsp3) is 0.529. The second-order valence-electron chi connectivity index (χ2n) is 5.04. The van der Waals surface area contributed by atoms with Gasteiger partial charge in [0.2, 0.25) is 0 Å². The molecule has 0 spiro atoms. The number of hydrogen-bond acceptors (Lipinski definition) is 3. The van der Waals surface area contributed by atoms with Crippen LogP contribution in [0.15, 0.2) is 46.3 Å². The van der Waals surface area contributed by atoms with Crippen molar-refractivity contribution in [3.05, 3.63) is 36.3 Å². The van der Waals surface area contributed by atoms with Crippen LogP contribution in [0, 0.1) is 5.92 Å². The van der Waals surface area contributed by atoms with Crippen molar-refractivity contribution in [3.8, 4) is 0 Å². The molecule has 0 N–H and O–H groups in total. The van der Waals surface area contributed by atoms with E-state index in [0.29, 0.717) is 5.92 Å². The highest BCUT2D eigenvalue weighted by molar-refractivity contribution is 5.84. The van der Waals surface area contributed by atoms with Gasteiger partial charge in [0, 0.05) is 43.1 Å². The lowest BCUT2D eigenvalue weighted by Gasteiger charge is -2.21. The third-order valence-corrected chi connectivity index (χ3v) is 3.36. The van der Waals surface area contributed by atoms with Gasteiger partial charge in [0.1, 0.15) is 0 Å². The van der Waals surface area contributed by atoms with Gasteiger partial charge in [-0.25, -0.2) is 0 Å². The molecule has 3 heteroatoms. The quantitative estimate of drug-likeness (QED) is 0.602. The molecule has 0 heterocycles. The van der Waals surface area contributed by atoms with Crippen molar-refractivity contribution in [1.82, 2.24) is 4.90 Å². The summed E-state index contributed by atoms with van der Waals surface area (Å²) >= 11 is 0. The third kappa shape index (κ3) is 7.72. The minimum atomic E-state index is 0.468. The standard InChI is InChI=1S/C17H29N3/c1-8-11-18-17(6)14(3)10-12-20(7)16(5)13-19-15(4)9-2/h8-9,11,13-14H,5,10,12H2,1-4,6-7H3/b11-8-,15-9+,18-17?,19-13?. The van der Waals surface area contributed by atoms with Crippen LogP contribution in [0.1, 0.15) is 41.0 Å². The molecule has 0 radical (unpaired) electrons. The van der Waals surface area contributed by atoms with E-state index in [1.54, 1.807) is 0 Å². The van der Waals surface area contributed by atoms with Crippen LogP contribution in [0.5, 0.6) is 0 Å². The predicted octanol–water partition coefficient (Wildman–Crippen LogP) is 4.45. The Hall–Kier alpha value is -1.64. The normalized spacial score (nSPS) is 15.1. The van der Waals surface area contributed by atoms with Gasteiger partial charge in [-0.05, 0) is 40.0 Å². The fourth-order valence-electron chi connectivity index (χ4n) is 1.41. The zero-order valence-corrected chi connectivity index (χ0v) is 13.8. The molecule has 0 aromatic carbocycles. The summed E-state index contributed by atoms with van der Waals surface area (Å²) in [6.45, 7) is 15.2. The summed E-state index contributed by atoms with van der Waals surface area (Å²) in [5.74, 6) is 0.468. The maximum absolute atomic E-state index is 4.40. The van der Waals surface area contributed by atoms with Crippen molar-refractivity contribution < 1.29 is 0 Å². The van der Waals surface area contributed by atoms with Gasteiger partial charge in [-0.1, -0.05) is 25.7 Å². The highest BCUT2D eigenvalue weighted by Crippen LogP contribution is 2.08. The molecule has 0 aliphatic carbocycles. The van der Waals surface area contributed by atoms with Gasteiger partial charge < -0.3 is 4.90 Å². The van der Waals surface area contributed by atoms with E-state index in [1.807, 2.05) is 52.4 Å². The van der Waals surface area contributed by atoms with Crippen LogP contribution in [-0.4, -0.2) is 30.4 Å². The van der Waals surface area contributed by atoms with Crippen molar-refractivity contribution in [2.24, 2.45) is 15.9 Å². The van der Waals surface area contributed by atoms with E-state index in [2.05, 4.69) is 35.3 Å². The van der Waals surface area contributed by atoms with E-state index in [4.69, 9.17) is 0 Å². The molecule has 0 aliphatic heterocycles. The van der Waals surface area contributed by atoms with E-state index in [1.165, 1.54) is 5.71 Å². The van der Waals surface area contributed by atoms with Crippen molar-refractivity contribution in [3.63, 3.8) is 0 Å². The van der Waals surface area contributed by atoms with Gasteiger partial charge >= 0.3 is 0 Å². The number of allylic oxidation sites excluding steroid dienone is 4. The van der Waals surface area contributed by atoms with Crippen molar-refractivity contribution >= 4 is 11.9 Å². The Labute approximate surface area is 124 Å². The lowest BCUT2D eigenvalue weighted by molar-refractivity contribution is 0.411. The molecule has 20 heavy (non-hydrogen) atoms. The molecule has 0 fully saturated rings. The summed E-state index contributed by atoms with van der Waals surface area (Å²) in [5, 5.41) is 0. The van der Waals surface area contributed by atoms with Crippen molar-refractivity contribution in [2.45, 2.75) is 41.0 Å². The maximum Gasteiger partial charge on any atom is 0.0498 e. The van der Waals surface area contributed by atoms with Crippen LogP contribution < -0.4 is 0 Å². The summed E-state index contributed by atoms with van der Waals surface area (Å²) in [7, 11) is 2.05. The first-order valence-corrected chi connectivity index (χ1v) is 7.14. The molecule has 0 amide bonds. The summed E-state index contributed by atoms with van der Waals surface area (Å²) < 4.78 is 0. The van der Waals surface area contributed by atoms with Crippen molar-refractivity contribution in [2.75, 3.05) is 13.6 Å². The fourth-order valence-corrected chi connectivity index (χ4v) is 1.41. The second kappa shape index (κ2) is 10.2.